The van der Waals surface area contributed by atoms with Gasteiger partial charge in [0.2, 0.25) is 0 Å². The van der Waals surface area contributed by atoms with Crippen molar-refractivity contribution >= 4 is 0 Å². The summed E-state index contributed by atoms with van der Waals surface area (Å²) in [4.78, 5) is 0. The first-order chi connectivity index (χ1) is 6.83. The summed E-state index contributed by atoms with van der Waals surface area (Å²) < 4.78 is 5.42. The molecule has 1 rings (SSSR count). The second-order valence-corrected chi connectivity index (χ2v) is 3.64. The van der Waals surface area contributed by atoms with E-state index >= 15 is 0 Å². The molecule has 1 saturated carbocycles. The highest BCUT2D eigenvalue weighted by Crippen LogP contribution is 2.23. The van der Waals surface area contributed by atoms with Crippen molar-refractivity contribution in [2.75, 3.05) is 13.2 Å². The van der Waals surface area contributed by atoms with Crippen molar-refractivity contribution in [3.63, 3.8) is 0 Å². The lowest BCUT2D eigenvalue weighted by Gasteiger charge is -1.98. The zero-order chi connectivity index (χ0) is 10.2. The maximum atomic E-state index is 5.42. The van der Waals surface area contributed by atoms with E-state index in [0.717, 1.165) is 12.2 Å². The lowest BCUT2D eigenvalue weighted by Crippen LogP contribution is -1.92. The van der Waals surface area contributed by atoms with Gasteiger partial charge in [-0.25, -0.2) is 0 Å². The Labute approximate surface area is 86.8 Å². The summed E-state index contributed by atoms with van der Waals surface area (Å²) >= 11 is 0. The highest BCUT2D eigenvalue weighted by molar-refractivity contribution is 5.22. The smallest absolute Gasteiger partial charge is 0.0663 e. The molecule has 0 heterocycles. The molecule has 1 aliphatic rings. The summed E-state index contributed by atoms with van der Waals surface area (Å²) in [5.41, 5.74) is 2.50. The van der Waals surface area contributed by atoms with Crippen LogP contribution in [0.3, 0.4) is 0 Å². The molecule has 0 amide bonds. The van der Waals surface area contributed by atoms with E-state index < -0.39 is 0 Å². The highest BCUT2D eigenvalue weighted by atomic mass is 16.5. The molecule has 0 unspecified atom stereocenters. The summed E-state index contributed by atoms with van der Waals surface area (Å²) in [6.07, 6.45) is 14.6. The molecule has 0 spiro atoms. The van der Waals surface area contributed by atoms with E-state index in [1.807, 2.05) is 13.0 Å². The Morgan fingerprint density at radius 2 is 2.14 bits per heavy atom. The molecule has 0 saturated heterocycles. The highest BCUT2D eigenvalue weighted by Gasteiger charge is 2.04. The van der Waals surface area contributed by atoms with Crippen molar-refractivity contribution in [3.8, 4) is 12.3 Å². The van der Waals surface area contributed by atoms with Gasteiger partial charge in [0.25, 0.3) is 0 Å². The van der Waals surface area contributed by atoms with Gasteiger partial charge in [-0.1, -0.05) is 17.6 Å². The lowest BCUT2D eigenvalue weighted by molar-refractivity contribution is 0.193. The van der Waals surface area contributed by atoms with Crippen LogP contribution in [0.15, 0.2) is 23.3 Å². The standard InChI is InChI=1S/C13H18O/c1-3-12(2)8-10-14-11-9-13-6-4-5-7-13/h1,8-9H,4-7,10-11H2,2H3/b12-8+. The van der Waals surface area contributed by atoms with Crippen molar-refractivity contribution in [2.24, 2.45) is 0 Å². The zero-order valence-electron chi connectivity index (χ0n) is 8.88. The number of allylic oxidation sites excluding steroid dienone is 2. The fourth-order valence-electron chi connectivity index (χ4n) is 1.52. The van der Waals surface area contributed by atoms with Crippen LogP contribution in [0.25, 0.3) is 0 Å². The predicted molar refractivity (Wildman–Crippen MR) is 60.0 cm³/mol. The Morgan fingerprint density at radius 1 is 1.43 bits per heavy atom. The largest absolute Gasteiger partial charge is 0.373 e. The molecule has 14 heavy (non-hydrogen) atoms. The van der Waals surface area contributed by atoms with Gasteiger partial charge in [0.05, 0.1) is 13.2 Å². The van der Waals surface area contributed by atoms with Crippen LogP contribution in [0, 0.1) is 12.3 Å². The van der Waals surface area contributed by atoms with Gasteiger partial charge in [-0.3, -0.25) is 0 Å². The molecule has 0 aromatic carbocycles. The van der Waals surface area contributed by atoms with Gasteiger partial charge in [0, 0.05) is 0 Å². The summed E-state index contributed by atoms with van der Waals surface area (Å²) in [7, 11) is 0. The van der Waals surface area contributed by atoms with Crippen molar-refractivity contribution in [2.45, 2.75) is 32.6 Å². The molecule has 1 nitrogen and oxygen atoms in total. The number of ether oxygens (including phenoxy) is 1. The van der Waals surface area contributed by atoms with Gasteiger partial charge in [-0.05, 0) is 44.3 Å². The van der Waals surface area contributed by atoms with Crippen molar-refractivity contribution in [1.82, 2.24) is 0 Å². The van der Waals surface area contributed by atoms with Gasteiger partial charge in [0.15, 0.2) is 0 Å². The first kappa shape index (κ1) is 11.1. The molecular weight excluding hydrogens is 172 g/mol. The lowest BCUT2D eigenvalue weighted by atomic mass is 10.2. The quantitative estimate of drug-likeness (QED) is 0.376. The van der Waals surface area contributed by atoms with E-state index in [9.17, 15) is 0 Å². The van der Waals surface area contributed by atoms with Crippen LogP contribution in [0.1, 0.15) is 32.6 Å². The summed E-state index contributed by atoms with van der Waals surface area (Å²) in [6, 6.07) is 0. The molecule has 1 heteroatoms. The summed E-state index contributed by atoms with van der Waals surface area (Å²) in [6.45, 7) is 3.27. The molecule has 1 aliphatic carbocycles. The maximum Gasteiger partial charge on any atom is 0.0663 e. The Hall–Kier alpha value is -1.00. The van der Waals surface area contributed by atoms with Crippen molar-refractivity contribution < 1.29 is 4.74 Å². The van der Waals surface area contributed by atoms with Crippen molar-refractivity contribution in [1.29, 1.82) is 0 Å². The SMILES string of the molecule is C#C/C(C)=C/COCC=C1CCCC1. The molecular formula is C13H18O. The number of rotatable bonds is 4. The van der Waals surface area contributed by atoms with Crippen LogP contribution < -0.4 is 0 Å². The third-order valence-corrected chi connectivity index (χ3v) is 2.47. The first-order valence-corrected chi connectivity index (χ1v) is 5.22. The number of hydrogen-bond donors (Lipinski definition) is 0. The monoisotopic (exact) mass is 190 g/mol. The van der Waals surface area contributed by atoms with Crippen LogP contribution in [0.2, 0.25) is 0 Å². The Bertz CT molecular complexity index is 257. The predicted octanol–water partition coefficient (Wildman–Crippen LogP) is 3.08. The molecule has 0 atom stereocenters. The van der Waals surface area contributed by atoms with Gasteiger partial charge >= 0.3 is 0 Å². The molecule has 1 fully saturated rings. The minimum atomic E-state index is 0.625. The van der Waals surface area contributed by atoms with Gasteiger partial charge in [0.1, 0.15) is 0 Å². The van der Waals surface area contributed by atoms with E-state index in [1.54, 1.807) is 5.57 Å². The zero-order valence-corrected chi connectivity index (χ0v) is 8.88. The Morgan fingerprint density at radius 3 is 2.79 bits per heavy atom. The van der Waals surface area contributed by atoms with E-state index in [4.69, 9.17) is 11.2 Å². The Kier molecular flexibility index (Phi) is 5.11. The third-order valence-electron chi connectivity index (χ3n) is 2.47. The van der Waals surface area contributed by atoms with E-state index in [0.29, 0.717) is 6.61 Å². The minimum absolute atomic E-state index is 0.625. The van der Waals surface area contributed by atoms with E-state index in [-0.39, 0.29) is 0 Å². The Balaban J connectivity index is 2.10. The van der Waals surface area contributed by atoms with Gasteiger partial charge < -0.3 is 4.74 Å². The van der Waals surface area contributed by atoms with Crippen LogP contribution in [0.5, 0.6) is 0 Å². The fraction of sp³-hybridized carbons (Fsp3) is 0.538. The molecule has 0 N–H and O–H groups in total. The van der Waals surface area contributed by atoms with E-state index in [1.165, 1.54) is 25.7 Å². The third kappa shape index (κ3) is 4.30. The summed E-state index contributed by atoms with van der Waals surface area (Å²) in [5.74, 6) is 2.56. The van der Waals surface area contributed by atoms with Gasteiger partial charge in [-0.15, -0.1) is 6.42 Å². The fourth-order valence-corrected chi connectivity index (χ4v) is 1.52. The van der Waals surface area contributed by atoms with Gasteiger partial charge in [-0.2, -0.15) is 0 Å². The minimum Gasteiger partial charge on any atom is -0.373 e. The summed E-state index contributed by atoms with van der Waals surface area (Å²) in [5, 5.41) is 0. The van der Waals surface area contributed by atoms with Crippen LogP contribution in [-0.2, 0) is 4.74 Å². The molecule has 0 aromatic rings. The van der Waals surface area contributed by atoms with Crippen LogP contribution in [-0.4, -0.2) is 13.2 Å². The normalized spacial score (nSPS) is 16.9. The second-order valence-electron chi connectivity index (χ2n) is 3.64. The average molecular weight is 190 g/mol. The van der Waals surface area contributed by atoms with Crippen LogP contribution in [0.4, 0.5) is 0 Å². The van der Waals surface area contributed by atoms with E-state index in [2.05, 4.69) is 12.0 Å². The molecule has 0 aromatic heterocycles. The number of hydrogen-bond acceptors (Lipinski definition) is 1. The molecule has 76 valence electrons. The molecule has 0 bridgehead atoms. The second kappa shape index (κ2) is 6.45. The topological polar surface area (TPSA) is 9.23 Å². The van der Waals surface area contributed by atoms with Crippen LogP contribution >= 0.6 is 0 Å². The van der Waals surface area contributed by atoms with Crippen molar-refractivity contribution in [3.05, 3.63) is 23.3 Å². The maximum absolute atomic E-state index is 5.42. The molecule has 0 radical (unpaired) electrons. The average Bonchev–Trinajstić information content (AvgIpc) is 2.69. The molecule has 0 aliphatic heterocycles. The number of terminal acetylenes is 1. The first-order valence-electron chi connectivity index (χ1n) is 5.22.